The lowest BCUT2D eigenvalue weighted by Gasteiger charge is -2.19. The number of methoxy groups -OCH3 is 2. The summed E-state index contributed by atoms with van der Waals surface area (Å²) in [5.41, 5.74) is 6.51. The standard InChI is InChI=1S/C14H22N2O3/c1-10(16-14(17)13(9-15)19-3)8-11-6-4-5-7-12(11)18-2/h4-7,10,13H,8-9,15H2,1-3H3,(H,16,17). The topological polar surface area (TPSA) is 73.6 Å². The Kier molecular flexibility index (Phi) is 6.32. The number of amides is 1. The van der Waals surface area contributed by atoms with Crippen LogP contribution in [0.2, 0.25) is 0 Å². The number of nitrogens with two attached hydrogens (primary N) is 1. The van der Waals surface area contributed by atoms with Crippen molar-refractivity contribution in [3.8, 4) is 5.75 Å². The van der Waals surface area contributed by atoms with Crippen LogP contribution in [0.5, 0.6) is 5.75 Å². The summed E-state index contributed by atoms with van der Waals surface area (Å²) in [6.07, 6.45) is 0.0941. The van der Waals surface area contributed by atoms with Crippen molar-refractivity contribution in [1.82, 2.24) is 5.32 Å². The molecule has 5 heteroatoms. The minimum absolute atomic E-state index is 0.0204. The molecule has 1 aromatic carbocycles. The number of hydrogen-bond acceptors (Lipinski definition) is 4. The van der Waals surface area contributed by atoms with Crippen LogP contribution in [0.25, 0.3) is 0 Å². The largest absolute Gasteiger partial charge is 0.496 e. The lowest BCUT2D eigenvalue weighted by atomic mass is 10.1. The van der Waals surface area contributed by atoms with E-state index in [2.05, 4.69) is 5.32 Å². The van der Waals surface area contributed by atoms with E-state index in [1.165, 1.54) is 7.11 Å². The maximum atomic E-state index is 11.8. The summed E-state index contributed by atoms with van der Waals surface area (Å²) < 4.78 is 10.3. The molecule has 0 aliphatic carbocycles. The SMILES string of the molecule is COc1ccccc1CC(C)NC(=O)C(CN)OC. The third-order valence-electron chi connectivity index (χ3n) is 2.90. The van der Waals surface area contributed by atoms with Crippen molar-refractivity contribution >= 4 is 5.91 Å². The number of ether oxygens (including phenoxy) is 2. The van der Waals surface area contributed by atoms with Crippen LogP contribution >= 0.6 is 0 Å². The van der Waals surface area contributed by atoms with Crippen molar-refractivity contribution in [2.24, 2.45) is 5.73 Å². The minimum atomic E-state index is -0.597. The van der Waals surface area contributed by atoms with Crippen LogP contribution in [0.4, 0.5) is 0 Å². The Bertz CT molecular complexity index is 405. The van der Waals surface area contributed by atoms with Gasteiger partial charge in [0.05, 0.1) is 7.11 Å². The molecule has 0 aliphatic rings. The van der Waals surface area contributed by atoms with Gasteiger partial charge in [0.2, 0.25) is 0 Å². The lowest BCUT2D eigenvalue weighted by Crippen LogP contribution is -2.44. The van der Waals surface area contributed by atoms with Crippen LogP contribution < -0.4 is 15.8 Å². The molecule has 0 aromatic heterocycles. The summed E-state index contributed by atoms with van der Waals surface area (Å²) in [6, 6.07) is 7.73. The molecule has 1 aromatic rings. The molecule has 1 amide bonds. The van der Waals surface area contributed by atoms with Gasteiger partial charge in [-0.3, -0.25) is 4.79 Å². The predicted molar refractivity (Wildman–Crippen MR) is 74.2 cm³/mol. The fourth-order valence-electron chi connectivity index (χ4n) is 1.90. The van der Waals surface area contributed by atoms with E-state index in [0.29, 0.717) is 6.42 Å². The van der Waals surface area contributed by atoms with Crippen LogP contribution in [0.15, 0.2) is 24.3 Å². The number of para-hydroxylation sites is 1. The van der Waals surface area contributed by atoms with Gasteiger partial charge in [-0.15, -0.1) is 0 Å². The van der Waals surface area contributed by atoms with E-state index in [0.717, 1.165) is 11.3 Å². The maximum Gasteiger partial charge on any atom is 0.250 e. The second kappa shape index (κ2) is 7.76. The molecule has 0 fully saturated rings. The highest BCUT2D eigenvalue weighted by Crippen LogP contribution is 2.18. The summed E-state index contributed by atoms with van der Waals surface area (Å²) in [5, 5.41) is 2.88. The molecule has 5 nitrogen and oxygen atoms in total. The van der Waals surface area contributed by atoms with Crippen molar-refractivity contribution in [3.63, 3.8) is 0 Å². The monoisotopic (exact) mass is 266 g/mol. The van der Waals surface area contributed by atoms with Crippen LogP contribution in [-0.2, 0) is 16.0 Å². The van der Waals surface area contributed by atoms with E-state index in [1.807, 2.05) is 31.2 Å². The summed E-state index contributed by atoms with van der Waals surface area (Å²) in [7, 11) is 3.11. The Morgan fingerprint density at radius 1 is 1.37 bits per heavy atom. The highest BCUT2D eigenvalue weighted by Gasteiger charge is 2.18. The van der Waals surface area contributed by atoms with E-state index in [1.54, 1.807) is 7.11 Å². The fraction of sp³-hybridized carbons (Fsp3) is 0.500. The van der Waals surface area contributed by atoms with E-state index in [9.17, 15) is 4.79 Å². The third-order valence-corrected chi connectivity index (χ3v) is 2.90. The van der Waals surface area contributed by atoms with Gasteiger partial charge in [-0.2, -0.15) is 0 Å². The summed E-state index contributed by atoms with van der Waals surface area (Å²) in [6.45, 7) is 2.11. The van der Waals surface area contributed by atoms with Crippen LogP contribution in [-0.4, -0.2) is 38.8 Å². The molecule has 0 radical (unpaired) electrons. The zero-order valence-corrected chi connectivity index (χ0v) is 11.7. The van der Waals surface area contributed by atoms with Gasteiger partial charge >= 0.3 is 0 Å². The van der Waals surface area contributed by atoms with Gasteiger partial charge in [0, 0.05) is 19.7 Å². The van der Waals surface area contributed by atoms with E-state index < -0.39 is 6.10 Å². The second-order valence-corrected chi connectivity index (χ2v) is 4.39. The first-order valence-corrected chi connectivity index (χ1v) is 6.27. The third kappa shape index (κ3) is 4.54. The normalized spacial score (nSPS) is 13.7. The molecule has 3 N–H and O–H groups in total. The summed E-state index contributed by atoms with van der Waals surface area (Å²) in [4.78, 5) is 11.8. The zero-order valence-electron chi connectivity index (χ0n) is 11.7. The number of carbonyl (C=O) groups excluding carboxylic acids is 1. The molecular formula is C14H22N2O3. The molecule has 0 spiro atoms. The summed E-state index contributed by atoms with van der Waals surface area (Å²) in [5.74, 6) is 0.637. The molecule has 106 valence electrons. The Hall–Kier alpha value is -1.59. The van der Waals surface area contributed by atoms with Crippen molar-refractivity contribution in [2.75, 3.05) is 20.8 Å². The molecule has 0 saturated heterocycles. The first kappa shape index (κ1) is 15.5. The second-order valence-electron chi connectivity index (χ2n) is 4.39. The fourth-order valence-corrected chi connectivity index (χ4v) is 1.90. The Morgan fingerprint density at radius 2 is 2.05 bits per heavy atom. The molecule has 0 aliphatic heterocycles. The number of carbonyl (C=O) groups is 1. The number of benzene rings is 1. The van der Waals surface area contributed by atoms with Crippen molar-refractivity contribution < 1.29 is 14.3 Å². The van der Waals surface area contributed by atoms with Crippen molar-refractivity contribution in [2.45, 2.75) is 25.5 Å². The Labute approximate surface area is 114 Å². The highest BCUT2D eigenvalue weighted by molar-refractivity contribution is 5.81. The minimum Gasteiger partial charge on any atom is -0.496 e. The van der Waals surface area contributed by atoms with Gasteiger partial charge in [-0.1, -0.05) is 18.2 Å². The van der Waals surface area contributed by atoms with Crippen LogP contribution in [0, 0.1) is 0 Å². The molecule has 0 heterocycles. The van der Waals surface area contributed by atoms with Crippen LogP contribution in [0.3, 0.4) is 0 Å². The van der Waals surface area contributed by atoms with Crippen molar-refractivity contribution in [3.05, 3.63) is 29.8 Å². The van der Waals surface area contributed by atoms with E-state index >= 15 is 0 Å². The zero-order chi connectivity index (χ0) is 14.3. The van der Waals surface area contributed by atoms with Gasteiger partial charge in [0.1, 0.15) is 11.9 Å². The highest BCUT2D eigenvalue weighted by atomic mass is 16.5. The smallest absolute Gasteiger partial charge is 0.250 e. The molecule has 2 atom stereocenters. The molecule has 19 heavy (non-hydrogen) atoms. The van der Waals surface area contributed by atoms with Crippen LogP contribution in [0.1, 0.15) is 12.5 Å². The molecule has 0 saturated carbocycles. The van der Waals surface area contributed by atoms with Crippen molar-refractivity contribution in [1.29, 1.82) is 0 Å². The Balaban J connectivity index is 2.60. The van der Waals surface area contributed by atoms with Gasteiger partial charge in [-0.25, -0.2) is 0 Å². The molecular weight excluding hydrogens is 244 g/mol. The summed E-state index contributed by atoms with van der Waals surface area (Å²) >= 11 is 0. The number of hydrogen-bond donors (Lipinski definition) is 2. The Morgan fingerprint density at radius 3 is 2.63 bits per heavy atom. The quantitative estimate of drug-likeness (QED) is 0.762. The first-order chi connectivity index (χ1) is 9.12. The average Bonchev–Trinajstić information content (AvgIpc) is 2.40. The van der Waals surface area contributed by atoms with E-state index in [-0.39, 0.29) is 18.5 Å². The van der Waals surface area contributed by atoms with Gasteiger partial charge < -0.3 is 20.5 Å². The predicted octanol–water partition coefficient (Wildman–Crippen LogP) is 0.716. The molecule has 0 bridgehead atoms. The molecule has 2 unspecified atom stereocenters. The van der Waals surface area contributed by atoms with Gasteiger partial charge in [-0.05, 0) is 25.0 Å². The van der Waals surface area contributed by atoms with E-state index in [4.69, 9.17) is 15.2 Å². The average molecular weight is 266 g/mol. The molecule has 1 rings (SSSR count). The van der Waals surface area contributed by atoms with Gasteiger partial charge in [0.25, 0.3) is 5.91 Å². The maximum absolute atomic E-state index is 11.8. The lowest BCUT2D eigenvalue weighted by molar-refractivity contribution is -0.131. The number of rotatable bonds is 7. The number of nitrogens with one attached hydrogen (secondary N) is 1. The first-order valence-electron chi connectivity index (χ1n) is 6.27. The van der Waals surface area contributed by atoms with Gasteiger partial charge in [0.15, 0.2) is 0 Å².